The molecule has 0 saturated carbocycles. The molecule has 0 radical (unpaired) electrons. The smallest absolute Gasteiger partial charge is 0.161 e. The standard InChI is InChI=1S/C26H32N4O2/c1-29-12-14-30(15-13-29)11-10-27-25-19-6-4-5-7-22(19)28-26-20(25)9-8-18-16-23(31-2)24(32-3)17-21(18)26/h4-7,16-17H,8-15H2,1-3H3,(H,27,28). The minimum absolute atomic E-state index is 0.749. The molecule has 2 aliphatic rings. The Labute approximate surface area is 190 Å². The molecule has 0 spiro atoms. The number of anilines is 1. The summed E-state index contributed by atoms with van der Waals surface area (Å²) in [6.07, 6.45) is 1.93. The molecule has 1 aromatic heterocycles. The number of piperazine rings is 1. The van der Waals surface area contributed by atoms with E-state index in [1.165, 1.54) is 22.2 Å². The van der Waals surface area contributed by atoms with Gasteiger partial charge in [0.15, 0.2) is 11.5 Å². The Morgan fingerprint density at radius 2 is 1.72 bits per heavy atom. The predicted molar refractivity (Wildman–Crippen MR) is 130 cm³/mol. The lowest BCUT2D eigenvalue weighted by Crippen LogP contribution is -2.45. The van der Waals surface area contributed by atoms with E-state index in [0.29, 0.717) is 0 Å². The maximum absolute atomic E-state index is 5.60. The van der Waals surface area contributed by atoms with Crippen molar-refractivity contribution in [1.29, 1.82) is 0 Å². The largest absolute Gasteiger partial charge is 0.493 e. The van der Waals surface area contributed by atoms with Crippen LogP contribution < -0.4 is 14.8 Å². The molecular formula is C26H32N4O2. The number of rotatable bonds is 6. The highest BCUT2D eigenvalue weighted by Crippen LogP contribution is 2.43. The molecule has 1 fully saturated rings. The molecule has 1 aliphatic carbocycles. The van der Waals surface area contributed by atoms with E-state index in [1.807, 2.05) is 0 Å². The third-order valence-corrected chi connectivity index (χ3v) is 6.83. The highest BCUT2D eigenvalue weighted by molar-refractivity contribution is 5.97. The van der Waals surface area contributed by atoms with Crippen LogP contribution in [0.3, 0.4) is 0 Å². The van der Waals surface area contributed by atoms with Crippen molar-refractivity contribution < 1.29 is 9.47 Å². The van der Waals surface area contributed by atoms with Gasteiger partial charge in [-0.2, -0.15) is 0 Å². The number of hydrogen-bond donors (Lipinski definition) is 1. The number of hydrogen-bond acceptors (Lipinski definition) is 6. The zero-order chi connectivity index (χ0) is 22.1. The fraction of sp³-hybridized carbons (Fsp3) is 0.423. The van der Waals surface area contributed by atoms with Gasteiger partial charge in [-0.3, -0.25) is 4.90 Å². The van der Waals surface area contributed by atoms with E-state index in [0.717, 1.165) is 80.4 Å². The molecule has 2 aromatic carbocycles. The summed E-state index contributed by atoms with van der Waals surface area (Å²) in [7, 11) is 5.58. The Morgan fingerprint density at radius 1 is 0.969 bits per heavy atom. The average molecular weight is 433 g/mol. The molecule has 1 aliphatic heterocycles. The minimum Gasteiger partial charge on any atom is -0.493 e. The van der Waals surface area contributed by atoms with Crippen molar-refractivity contribution in [1.82, 2.24) is 14.8 Å². The Bertz CT molecular complexity index is 1120. The second kappa shape index (κ2) is 8.96. The molecule has 2 heterocycles. The van der Waals surface area contributed by atoms with Crippen molar-refractivity contribution in [3.05, 3.63) is 47.5 Å². The average Bonchev–Trinajstić information content (AvgIpc) is 2.83. The predicted octanol–water partition coefficient (Wildman–Crippen LogP) is 3.68. The van der Waals surface area contributed by atoms with Crippen LogP contribution in [-0.2, 0) is 12.8 Å². The van der Waals surface area contributed by atoms with E-state index >= 15 is 0 Å². The number of aryl methyl sites for hydroxylation is 1. The molecule has 0 unspecified atom stereocenters. The van der Waals surface area contributed by atoms with E-state index in [-0.39, 0.29) is 0 Å². The lowest BCUT2D eigenvalue weighted by molar-refractivity contribution is 0.158. The molecule has 5 rings (SSSR count). The van der Waals surface area contributed by atoms with Gasteiger partial charge >= 0.3 is 0 Å². The third kappa shape index (κ3) is 3.89. The van der Waals surface area contributed by atoms with Crippen molar-refractivity contribution in [3.63, 3.8) is 0 Å². The molecule has 0 amide bonds. The first-order valence-electron chi connectivity index (χ1n) is 11.5. The summed E-state index contributed by atoms with van der Waals surface area (Å²) in [4.78, 5) is 10.1. The number of aromatic nitrogens is 1. The fourth-order valence-corrected chi connectivity index (χ4v) is 4.94. The molecular weight excluding hydrogens is 400 g/mol. The van der Waals surface area contributed by atoms with Gasteiger partial charge in [0.05, 0.1) is 25.4 Å². The number of nitrogens with zero attached hydrogens (tertiary/aromatic N) is 3. The van der Waals surface area contributed by atoms with Crippen molar-refractivity contribution >= 4 is 16.6 Å². The first-order valence-corrected chi connectivity index (χ1v) is 11.5. The highest BCUT2D eigenvalue weighted by atomic mass is 16.5. The lowest BCUT2D eigenvalue weighted by atomic mass is 9.86. The lowest BCUT2D eigenvalue weighted by Gasteiger charge is -2.32. The van der Waals surface area contributed by atoms with Crippen LogP contribution in [0.2, 0.25) is 0 Å². The number of likely N-dealkylation sites (N-methyl/N-ethyl adjacent to an activating group) is 1. The van der Waals surface area contributed by atoms with Crippen molar-refractivity contribution in [3.8, 4) is 22.8 Å². The van der Waals surface area contributed by atoms with Crippen LogP contribution >= 0.6 is 0 Å². The first kappa shape index (κ1) is 21.0. The van der Waals surface area contributed by atoms with Gasteiger partial charge in [-0.15, -0.1) is 0 Å². The summed E-state index contributed by atoms with van der Waals surface area (Å²) >= 11 is 0. The molecule has 168 valence electrons. The summed E-state index contributed by atoms with van der Waals surface area (Å²) in [6, 6.07) is 12.7. The van der Waals surface area contributed by atoms with Crippen LogP contribution in [0.15, 0.2) is 36.4 Å². The molecule has 0 atom stereocenters. The normalized spacial score (nSPS) is 16.5. The molecule has 1 saturated heterocycles. The highest BCUT2D eigenvalue weighted by Gasteiger charge is 2.25. The van der Waals surface area contributed by atoms with Gasteiger partial charge in [0, 0.05) is 61.5 Å². The Hall–Kier alpha value is -2.83. The Kier molecular flexibility index (Phi) is 5.89. The monoisotopic (exact) mass is 432 g/mol. The number of ether oxygens (including phenoxy) is 2. The van der Waals surface area contributed by atoms with Gasteiger partial charge in [-0.1, -0.05) is 18.2 Å². The van der Waals surface area contributed by atoms with E-state index < -0.39 is 0 Å². The minimum atomic E-state index is 0.749. The van der Waals surface area contributed by atoms with E-state index in [1.54, 1.807) is 14.2 Å². The molecule has 32 heavy (non-hydrogen) atoms. The van der Waals surface area contributed by atoms with Crippen molar-refractivity contribution in [2.45, 2.75) is 12.8 Å². The topological polar surface area (TPSA) is 49.9 Å². The molecule has 1 N–H and O–H groups in total. The number of pyridine rings is 1. The summed E-state index contributed by atoms with van der Waals surface area (Å²) in [5, 5.41) is 5.01. The van der Waals surface area contributed by atoms with Crippen LogP contribution in [0, 0.1) is 0 Å². The van der Waals surface area contributed by atoms with Crippen LogP contribution in [0.5, 0.6) is 11.5 Å². The molecule has 6 nitrogen and oxygen atoms in total. The third-order valence-electron chi connectivity index (χ3n) is 6.83. The summed E-state index contributed by atoms with van der Waals surface area (Å²) in [5.41, 5.74) is 7.05. The number of methoxy groups -OCH3 is 2. The number of benzene rings is 2. The molecule has 0 bridgehead atoms. The fourth-order valence-electron chi connectivity index (χ4n) is 4.94. The Balaban J connectivity index is 1.50. The second-order valence-electron chi connectivity index (χ2n) is 8.77. The van der Waals surface area contributed by atoms with Crippen LogP contribution in [0.4, 0.5) is 5.69 Å². The van der Waals surface area contributed by atoms with Gasteiger partial charge in [-0.25, -0.2) is 4.98 Å². The summed E-state index contributed by atoms with van der Waals surface area (Å²) < 4.78 is 11.1. The second-order valence-corrected chi connectivity index (χ2v) is 8.77. The van der Waals surface area contributed by atoms with Crippen LogP contribution in [0.25, 0.3) is 22.2 Å². The van der Waals surface area contributed by atoms with Gasteiger partial charge < -0.3 is 19.7 Å². The zero-order valence-electron chi connectivity index (χ0n) is 19.3. The Morgan fingerprint density at radius 3 is 2.50 bits per heavy atom. The van der Waals surface area contributed by atoms with Gasteiger partial charge in [0.25, 0.3) is 0 Å². The number of nitrogens with one attached hydrogen (secondary N) is 1. The molecule has 6 heteroatoms. The van der Waals surface area contributed by atoms with Crippen LogP contribution in [-0.4, -0.2) is 75.3 Å². The quantitative estimate of drug-likeness (QED) is 0.641. The van der Waals surface area contributed by atoms with E-state index in [9.17, 15) is 0 Å². The first-order chi connectivity index (χ1) is 15.7. The maximum atomic E-state index is 5.60. The molecule has 3 aromatic rings. The van der Waals surface area contributed by atoms with Gasteiger partial charge in [0.2, 0.25) is 0 Å². The zero-order valence-corrected chi connectivity index (χ0v) is 19.3. The summed E-state index contributed by atoms with van der Waals surface area (Å²) in [5.74, 6) is 1.53. The number of para-hydroxylation sites is 1. The van der Waals surface area contributed by atoms with Crippen molar-refractivity contribution in [2.75, 3.05) is 65.9 Å². The van der Waals surface area contributed by atoms with Gasteiger partial charge in [0.1, 0.15) is 0 Å². The summed E-state index contributed by atoms with van der Waals surface area (Å²) in [6.45, 7) is 6.57. The van der Waals surface area contributed by atoms with E-state index in [4.69, 9.17) is 14.5 Å². The number of fused-ring (bicyclic) bond motifs is 4. The van der Waals surface area contributed by atoms with Crippen LogP contribution in [0.1, 0.15) is 11.1 Å². The SMILES string of the molecule is COc1cc2c(cc1OC)-c1nc3ccccc3c(NCCN3CCN(C)CC3)c1CC2. The maximum Gasteiger partial charge on any atom is 0.161 e. The van der Waals surface area contributed by atoms with E-state index in [2.05, 4.69) is 58.6 Å². The van der Waals surface area contributed by atoms with Crippen molar-refractivity contribution in [2.24, 2.45) is 0 Å². The van der Waals surface area contributed by atoms with Gasteiger partial charge in [-0.05, 0) is 43.7 Å².